The van der Waals surface area contributed by atoms with E-state index in [1.54, 1.807) is 17.0 Å². The fourth-order valence-electron chi connectivity index (χ4n) is 5.38. The summed E-state index contributed by atoms with van der Waals surface area (Å²) in [5.74, 6) is -0.331. The van der Waals surface area contributed by atoms with E-state index < -0.39 is 17.1 Å². The summed E-state index contributed by atoms with van der Waals surface area (Å²) in [5, 5.41) is 2.66. The minimum absolute atomic E-state index is 0.0988. The molecule has 3 amide bonds. The molecule has 14 heteroatoms. The Hall–Kier alpha value is -5.14. The van der Waals surface area contributed by atoms with Gasteiger partial charge in [-0.1, -0.05) is 6.92 Å². The Kier molecular flexibility index (Phi) is 9.50. The number of carbonyl (C=O) groups is 3. The van der Waals surface area contributed by atoms with Gasteiger partial charge in [0.2, 0.25) is 11.8 Å². The number of pyridine rings is 1. The zero-order chi connectivity index (χ0) is 32.1. The van der Waals surface area contributed by atoms with Crippen LogP contribution in [0.4, 0.5) is 10.2 Å². The molecule has 0 atom stereocenters. The first kappa shape index (κ1) is 31.3. The summed E-state index contributed by atoms with van der Waals surface area (Å²) in [6.07, 6.45) is 3.94. The third-order valence-electron chi connectivity index (χ3n) is 7.63. The van der Waals surface area contributed by atoms with Crippen LogP contribution in [0.2, 0.25) is 0 Å². The van der Waals surface area contributed by atoms with E-state index in [1.165, 1.54) is 46.9 Å². The van der Waals surface area contributed by atoms with Crippen LogP contribution in [0.1, 0.15) is 49.9 Å². The molecule has 236 valence electrons. The maximum absolute atomic E-state index is 13.6. The Morgan fingerprint density at radius 1 is 1.04 bits per heavy atom. The highest BCUT2D eigenvalue weighted by atomic mass is 19.1. The lowest BCUT2D eigenvalue weighted by atomic mass is 10.1. The predicted molar refractivity (Wildman–Crippen MR) is 165 cm³/mol. The lowest BCUT2D eigenvalue weighted by Gasteiger charge is -2.24. The van der Waals surface area contributed by atoms with Gasteiger partial charge in [0.1, 0.15) is 23.0 Å². The summed E-state index contributed by atoms with van der Waals surface area (Å²) in [6, 6.07) is 8.60. The summed E-state index contributed by atoms with van der Waals surface area (Å²) >= 11 is 0. The van der Waals surface area contributed by atoms with Gasteiger partial charge in [-0.05, 0) is 55.7 Å². The number of halogens is 1. The number of aromatic amines is 1. The maximum atomic E-state index is 13.6. The van der Waals surface area contributed by atoms with Gasteiger partial charge in [0.15, 0.2) is 5.65 Å². The van der Waals surface area contributed by atoms with Crippen molar-refractivity contribution in [2.45, 2.75) is 52.6 Å². The average Bonchev–Trinajstić information content (AvgIpc) is 3.66. The smallest absolute Gasteiger partial charge is 0.332 e. The average molecular weight is 619 g/mol. The maximum Gasteiger partial charge on any atom is 0.332 e. The number of imidazole rings is 1. The zero-order valence-corrected chi connectivity index (χ0v) is 25.2. The Morgan fingerprint density at radius 2 is 1.82 bits per heavy atom. The highest BCUT2D eigenvalue weighted by Crippen LogP contribution is 2.22. The molecule has 1 saturated heterocycles. The summed E-state index contributed by atoms with van der Waals surface area (Å²) < 4.78 is 16.1. The Bertz CT molecular complexity index is 1830. The zero-order valence-electron chi connectivity index (χ0n) is 25.2. The lowest BCUT2D eigenvalue weighted by molar-refractivity contribution is -0.127. The Labute approximate surface area is 257 Å². The first-order chi connectivity index (χ1) is 21.7. The number of hydrogen-bond acceptors (Lipinski definition) is 7. The van der Waals surface area contributed by atoms with Gasteiger partial charge < -0.3 is 15.2 Å². The molecule has 4 aromatic rings. The van der Waals surface area contributed by atoms with Crippen LogP contribution in [-0.4, -0.2) is 72.9 Å². The molecule has 1 aliphatic heterocycles. The van der Waals surface area contributed by atoms with E-state index in [0.717, 1.165) is 11.0 Å². The molecule has 13 nitrogen and oxygen atoms in total. The van der Waals surface area contributed by atoms with E-state index in [9.17, 15) is 28.4 Å². The molecule has 0 saturated carbocycles. The van der Waals surface area contributed by atoms with Crippen molar-refractivity contribution in [2.24, 2.45) is 0 Å². The van der Waals surface area contributed by atoms with Crippen LogP contribution in [0.5, 0.6) is 0 Å². The summed E-state index contributed by atoms with van der Waals surface area (Å²) in [5.41, 5.74) is 0.0905. The number of nitrogens with zero attached hydrogens (tertiary/aromatic N) is 6. The molecule has 3 aromatic heterocycles. The number of likely N-dealkylation sites (tertiary alicyclic amines) is 1. The fourth-order valence-corrected chi connectivity index (χ4v) is 5.38. The third kappa shape index (κ3) is 6.84. The minimum Gasteiger partial charge on any atom is -0.355 e. The van der Waals surface area contributed by atoms with Crippen molar-refractivity contribution in [1.82, 2.24) is 34.3 Å². The molecule has 0 bridgehead atoms. The van der Waals surface area contributed by atoms with Crippen LogP contribution >= 0.6 is 0 Å². The summed E-state index contributed by atoms with van der Waals surface area (Å²) in [7, 11) is 0. The van der Waals surface area contributed by atoms with Gasteiger partial charge in [0.25, 0.3) is 11.5 Å². The monoisotopic (exact) mass is 618 g/mol. The lowest BCUT2D eigenvalue weighted by Crippen LogP contribution is -2.41. The Morgan fingerprint density at radius 3 is 2.47 bits per heavy atom. The molecular formula is C31H35FN8O5. The summed E-state index contributed by atoms with van der Waals surface area (Å²) in [6.45, 7) is 5.22. The molecule has 1 aliphatic rings. The van der Waals surface area contributed by atoms with Crippen LogP contribution in [0.15, 0.2) is 52.2 Å². The van der Waals surface area contributed by atoms with Crippen molar-refractivity contribution in [3.05, 3.63) is 74.8 Å². The quantitative estimate of drug-likeness (QED) is 0.247. The van der Waals surface area contributed by atoms with Gasteiger partial charge in [-0.3, -0.25) is 33.2 Å². The number of nitrogens with one attached hydrogen (secondary N) is 2. The van der Waals surface area contributed by atoms with Gasteiger partial charge in [-0.2, -0.15) is 0 Å². The SMILES string of the molecule is CCCn1c(=O)c2[nH]c(-c3ccc(N(CCCN4CCCC4=O)C(=O)c4ccc(F)cc4)nc3)nc2n(CCNC(C)=O)c1=O. The van der Waals surface area contributed by atoms with Crippen LogP contribution in [0.25, 0.3) is 22.6 Å². The van der Waals surface area contributed by atoms with Gasteiger partial charge in [0.05, 0.1) is 0 Å². The molecule has 5 rings (SSSR count). The van der Waals surface area contributed by atoms with Gasteiger partial charge in [0, 0.05) is 69.9 Å². The van der Waals surface area contributed by atoms with E-state index in [0.29, 0.717) is 49.6 Å². The first-order valence-corrected chi connectivity index (χ1v) is 15.0. The second-order valence-corrected chi connectivity index (χ2v) is 10.9. The molecule has 45 heavy (non-hydrogen) atoms. The largest absolute Gasteiger partial charge is 0.355 e. The van der Waals surface area contributed by atoms with Crippen LogP contribution in [0.3, 0.4) is 0 Å². The van der Waals surface area contributed by atoms with Crippen molar-refractivity contribution in [1.29, 1.82) is 0 Å². The van der Waals surface area contributed by atoms with Crippen molar-refractivity contribution in [3.8, 4) is 11.4 Å². The number of fused-ring (bicyclic) bond motifs is 1. The van der Waals surface area contributed by atoms with Crippen molar-refractivity contribution in [3.63, 3.8) is 0 Å². The number of carbonyl (C=O) groups excluding carboxylic acids is 3. The van der Waals surface area contributed by atoms with Crippen molar-refractivity contribution >= 4 is 34.7 Å². The second-order valence-electron chi connectivity index (χ2n) is 10.9. The minimum atomic E-state index is -0.517. The molecule has 0 spiro atoms. The summed E-state index contributed by atoms with van der Waals surface area (Å²) in [4.78, 5) is 78.8. The fraction of sp³-hybridized carbons (Fsp3) is 0.387. The normalized spacial score (nSPS) is 13.0. The molecule has 0 aliphatic carbocycles. The molecule has 2 N–H and O–H groups in total. The highest BCUT2D eigenvalue weighted by molar-refractivity contribution is 6.05. The number of H-pyrrole nitrogens is 1. The second kappa shape index (κ2) is 13.7. The molecule has 0 unspecified atom stereocenters. The van der Waals surface area contributed by atoms with E-state index in [4.69, 9.17) is 0 Å². The topological polar surface area (TPSA) is 155 Å². The molecule has 1 fully saturated rings. The van der Waals surface area contributed by atoms with Crippen molar-refractivity contribution in [2.75, 3.05) is 31.1 Å². The van der Waals surface area contributed by atoms with Crippen LogP contribution in [-0.2, 0) is 22.7 Å². The first-order valence-electron chi connectivity index (χ1n) is 15.0. The van der Waals surface area contributed by atoms with E-state index in [2.05, 4.69) is 20.3 Å². The third-order valence-corrected chi connectivity index (χ3v) is 7.63. The number of amides is 3. The number of anilines is 1. The van der Waals surface area contributed by atoms with E-state index in [1.807, 2.05) is 6.92 Å². The molecule has 4 heterocycles. The van der Waals surface area contributed by atoms with Crippen LogP contribution in [0, 0.1) is 5.82 Å². The van der Waals surface area contributed by atoms with E-state index >= 15 is 0 Å². The predicted octanol–water partition coefficient (Wildman–Crippen LogP) is 2.29. The molecule has 1 aromatic carbocycles. The highest BCUT2D eigenvalue weighted by Gasteiger charge is 2.23. The van der Waals surface area contributed by atoms with Gasteiger partial charge in [-0.25, -0.2) is 19.2 Å². The van der Waals surface area contributed by atoms with Crippen LogP contribution < -0.4 is 21.5 Å². The van der Waals surface area contributed by atoms with Gasteiger partial charge >= 0.3 is 5.69 Å². The number of aromatic nitrogens is 5. The molecule has 0 radical (unpaired) electrons. The number of hydrogen-bond donors (Lipinski definition) is 2. The number of benzene rings is 1. The van der Waals surface area contributed by atoms with Crippen molar-refractivity contribution < 1.29 is 18.8 Å². The molecular weight excluding hydrogens is 583 g/mol. The number of rotatable bonds is 12. The standard InChI is InChI=1S/C31H35FN8O5/c1-3-14-40-30(44)26-28(39(31(40)45)18-13-33-20(2)41)36-27(35-26)22-9-12-24(34-19-22)38(17-5-16-37-15-4-6-25(37)42)29(43)21-7-10-23(32)11-8-21/h7-12,19H,3-6,13-18H2,1-2H3,(H,33,41)(H,35,36). The van der Waals surface area contributed by atoms with Gasteiger partial charge in [-0.15, -0.1) is 0 Å². The Balaban J connectivity index is 1.46. The van der Waals surface area contributed by atoms with E-state index in [-0.39, 0.29) is 60.6 Å².